The first-order valence-electron chi connectivity index (χ1n) is 7.85. The van der Waals surface area contributed by atoms with Crippen LogP contribution in [0.5, 0.6) is 0 Å². The van der Waals surface area contributed by atoms with Crippen LogP contribution in [0.25, 0.3) is 0 Å². The summed E-state index contributed by atoms with van der Waals surface area (Å²) >= 11 is 6.05. The minimum atomic E-state index is -0.0313. The lowest BCUT2D eigenvalue weighted by Crippen LogP contribution is -2.16. The van der Waals surface area contributed by atoms with E-state index in [1.54, 1.807) is 6.07 Å². The first-order valence-corrected chi connectivity index (χ1v) is 8.23. The predicted molar refractivity (Wildman–Crippen MR) is 98.5 cm³/mol. The molecular formula is C19H23ClN2O. The average Bonchev–Trinajstić information content (AvgIpc) is 2.51. The average molecular weight is 331 g/mol. The number of carbonyl (C=O) groups is 1. The number of amides is 1. The van der Waals surface area contributed by atoms with Gasteiger partial charge in [0.25, 0.3) is 0 Å². The van der Waals surface area contributed by atoms with Crippen molar-refractivity contribution in [1.29, 1.82) is 0 Å². The fraction of sp³-hybridized carbons (Fsp3) is 0.316. The molecule has 0 aliphatic heterocycles. The third kappa shape index (κ3) is 5.29. The van der Waals surface area contributed by atoms with Crippen LogP contribution in [0.15, 0.2) is 42.5 Å². The molecule has 2 rings (SSSR count). The van der Waals surface area contributed by atoms with Crippen LogP contribution in [0.2, 0.25) is 5.02 Å². The Balaban J connectivity index is 1.79. The standard InChI is InChI=1S/C19H23ClN2O/c1-13(2)15-5-8-16(9-6-15)21-11-10-19(23)22-17-7-4-14(3)18(20)12-17/h4-9,12-13,21H,10-11H2,1-3H3,(H,22,23). The van der Waals surface area contributed by atoms with Gasteiger partial charge in [-0.2, -0.15) is 0 Å². The van der Waals surface area contributed by atoms with E-state index in [2.05, 4.69) is 36.6 Å². The van der Waals surface area contributed by atoms with Gasteiger partial charge in [-0.05, 0) is 48.2 Å². The van der Waals surface area contributed by atoms with Crippen LogP contribution in [0.4, 0.5) is 11.4 Å². The molecule has 0 heterocycles. The number of rotatable bonds is 6. The van der Waals surface area contributed by atoms with Crippen molar-refractivity contribution in [1.82, 2.24) is 0 Å². The number of hydrogen-bond donors (Lipinski definition) is 2. The molecule has 0 radical (unpaired) electrons. The Bertz CT molecular complexity index is 666. The second-order valence-corrected chi connectivity index (χ2v) is 6.37. The second-order valence-electron chi connectivity index (χ2n) is 5.97. The molecule has 0 unspecified atom stereocenters. The Morgan fingerprint density at radius 3 is 2.35 bits per heavy atom. The Morgan fingerprint density at radius 1 is 1.09 bits per heavy atom. The van der Waals surface area contributed by atoms with E-state index in [1.165, 1.54) is 5.56 Å². The van der Waals surface area contributed by atoms with Crippen LogP contribution >= 0.6 is 11.6 Å². The van der Waals surface area contributed by atoms with Gasteiger partial charge in [0.15, 0.2) is 0 Å². The number of hydrogen-bond acceptors (Lipinski definition) is 2. The summed E-state index contributed by atoms with van der Waals surface area (Å²) in [4.78, 5) is 11.9. The predicted octanol–water partition coefficient (Wildman–Crippen LogP) is 5.21. The van der Waals surface area contributed by atoms with Crippen molar-refractivity contribution in [3.63, 3.8) is 0 Å². The molecule has 0 aliphatic carbocycles. The van der Waals surface area contributed by atoms with Crippen LogP contribution in [-0.2, 0) is 4.79 Å². The minimum Gasteiger partial charge on any atom is -0.385 e. The monoisotopic (exact) mass is 330 g/mol. The largest absolute Gasteiger partial charge is 0.385 e. The van der Waals surface area contributed by atoms with Crippen molar-refractivity contribution in [2.24, 2.45) is 0 Å². The highest BCUT2D eigenvalue weighted by atomic mass is 35.5. The molecule has 0 atom stereocenters. The lowest BCUT2D eigenvalue weighted by atomic mass is 10.0. The first kappa shape index (κ1) is 17.4. The zero-order chi connectivity index (χ0) is 16.8. The Kier molecular flexibility index (Phi) is 6.05. The molecule has 0 saturated carbocycles. The van der Waals surface area contributed by atoms with Crippen molar-refractivity contribution in [3.05, 3.63) is 58.6 Å². The van der Waals surface area contributed by atoms with E-state index in [1.807, 2.05) is 31.2 Å². The Hall–Kier alpha value is -2.00. The molecule has 0 spiro atoms. The fourth-order valence-electron chi connectivity index (χ4n) is 2.20. The summed E-state index contributed by atoms with van der Waals surface area (Å²) in [5.41, 5.74) is 4.06. The van der Waals surface area contributed by atoms with Crippen molar-refractivity contribution < 1.29 is 4.79 Å². The first-order chi connectivity index (χ1) is 11.0. The molecule has 0 aliphatic rings. The molecule has 2 aromatic carbocycles. The topological polar surface area (TPSA) is 41.1 Å². The van der Waals surface area contributed by atoms with Gasteiger partial charge < -0.3 is 10.6 Å². The van der Waals surface area contributed by atoms with Crippen LogP contribution in [0.3, 0.4) is 0 Å². The lowest BCUT2D eigenvalue weighted by Gasteiger charge is -2.10. The van der Waals surface area contributed by atoms with Gasteiger partial charge in [0, 0.05) is 29.4 Å². The number of aryl methyl sites for hydroxylation is 1. The molecule has 122 valence electrons. The normalized spacial score (nSPS) is 10.7. The molecule has 3 nitrogen and oxygen atoms in total. The van der Waals surface area contributed by atoms with E-state index in [4.69, 9.17) is 11.6 Å². The van der Waals surface area contributed by atoms with Gasteiger partial charge in [0.2, 0.25) is 5.91 Å². The highest BCUT2D eigenvalue weighted by molar-refractivity contribution is 6.31. The number of nitrogens with one attached hydrogen (secondary N) is 2. The molecule has 2 aromatic rings. The minimum absolute atomic E-state index is 0.0313. The smallest absolute Gasteiger partial charge is 0.226 e. The zero-order valence-electron chi connectivity index (χ0n) is 13.8. The number of carbonyl (C=O) groups excluding carboxylic acids is 1. The van der Waals surface area contributed by atoms with E-state index in [0.717, 1.165) is 16.9 Å². The highest BCUT2D eigenvalue weighted by Crippen LogP contribution is 2.20. The molecule has 0 bridgehead atoms. The quantitative estimate of drug-likeness (QED) is 0.763. The lowest BCUT2D eigenvalue weighted by molar-refractivity contribution is -0.115. The molecule has 23 heavy (non-hydrogen) atoms. The SMILES string of the molecule is Cc1ccc(NC(=O)CCNc2ccc(C(C)C)cc2)cc1Cl. The fourth-order valence-corrected chi connectivity index (χ4v) is 2.38. The van der Waals surface area contributed by atoms with Crippen molar-refractivity contribution >= 4 is 28.9 Å². The molecule has 0 fully saturated rings. The summed E-state index contributed by atoms with van der Waals surface area (Å²) in [6.45, 7) is 6.86. The van der Waals surface area contributed by atoms with Crippen LogP contribution in [-0.4, -0.2) is 12.5 Å². The maximum absolute atomic E-state index is 11.9. The zero-order valence-corrected chi connectivity index (χ0v) is 14.6. The van der Waals surface area contributed by atoms with E-state index < -0.39 is 0 Å². The van der Waals surface area contributed by atoms with E-state index >= 15 is 0 Å². The van der Waals surface area contributed by atoms with Gasteiger partial charge >= 0.3 is 0 Å². The Morgan fingerprint density at radius 2 is 1.74 bits per heavy atom. The summed E-state index contributed by atoms with van der Waals surface area (Å²) in [5.74, 6) is 0.493. The summed E-state index contributed by atoms with van der Waals surface area (Å²) in [5, 5.41) is 6.78. The van der Waals surface area contributed by atoms with Crippen molar-refractivity contribution in [2.45, 2.75) is 33.1 Å². The maximum Gasteiger partial charge on any atom is 0.226 e. The molecule has 0 aromatic heterocycles. The third-order valence-corrected chi connectivity index (χ3v) is 4.12. The molecule has 1 amide bonds. The van der Waals surface area contributed by atoms with Gasteiger partial charge in [-0.15, -0.1) is 0 Å². The van der Waals surface area contributed by atoms with Crippen LogP contribution in [0, 0.1) is 6.92 Å². The highest BCUT2D eigenvalue weighted by Gasteiger charge is 2.04. The van der Waals surface area contributed by atoms with Gasteiger partial charge in [0.1, 0.15) is 0 Å². The van der Waals surface area contributed by atoms with Gasteiger partial charge in [-0.25, -0.2) is 0 Å². The van der Waals surface area contributed by atoms with Crippen LogP contribution < -0.4 is 10.6 Å². The third-order valence-electron chi connectivity index (χ3n) is 3.71. The summed E-state index contributed by atoms with van der Waals surface area (Å²) in [6.07, 6.45) is 0.400. The summed E-state index contributed by atoms with van der Waals surface area (Å²) < 4.78 is 0. The Labute approximate surface area is 143 Å². The van der Waals surface area contributed by atoms with E-state index in [0.29, 0.717) is 23.9 Å². The molecule has 4 heteroatoms. The number of halogens is 1. The number of benzene rings is 2. The number of anilines is 2. The molecule has 0 saturated heterocycles. The van der Waals surface area contributed by atoms with Gasteiger partial charge in [-0.1, -0.05) is 43.6 Å². The second kappa shape index (κ2) is 8.02. The van der Waals surface area contributed by atoms with Gasteiger partial charge in [-0.3, -0.25) is 4.79 Å². The maximum atomic E-state index is 11.9. The van der Waals surface area contributed by atoms with Crippen molar-refractivity contribution in [2.75, 3.05) is 17.2 Å². The molecular weight excluding hydrogens is 308 g/mol. The molecule has 2 N–H and O–H groups in total. The van der Waals surface area contributed by atoms with E-state index in [9.17, 15) is 4.79 Å². The van der Waals surface area contributed by atoms with Gasteiger partial charge in [0.05, 0.1) is 0 Å². The van der Waals surface area contributed by atoms with Crippen molar-refractivity contribution in [3.8, 4) is 0 Å². The van der Waals surface area contributed by atoms with E-state index in [-0.39, 0.29) is 5.91 Å². The summed E-state index contributed by atoms with van der Waals surface area (Å²) in [6, 6.07) is 13.8. The summed E-state index contributed by atoms with van der Waals surface area (Å²) in [7, 11) is 0. The van der Waals surface area contributed by atoms with Crippen LogP contribution in [0.1, 0.15) is 37.3 Å².